The van der Waals surface area contributed by atoms with Gasteiger partial charge in [0.1, 0.15) is 0 Å². The minimum Gasteiger partial charge on any atom is -0.363 e. The molecule has 0 radical (unpaired) electrons. The number of nitrogens with one attached hydrogen (secondary N) is 2. The molecule has 0 aliphatic carbocycles. The average molecular weight is 379 g/mol. The van der Waals surface area contributed by atoms with Gasteiger partial charge in [-0.3, -0.25) is 4.68 Å². The van der Waals surface area contributed by atoms with Gasteiger partial charge in [-0.1, -0.05) is 13.8 Å². The summed E-state index contributed by atoms with van der Waals surface area (Å²) in [5, 5.41) is 10.4. The predicted octanol–water partition coefficient (Wildman–Crippen LogP) is 2.80. The van der Waals surface area contributed by atoms with Gasteiger partial charge in [0.05, 0.1) is 0 Å². The maximum atomic E-state index is 12.6. The van der Waals surface area contributed by atoms with Crippen molar-refractivity contribution in [2.24, 2.45) is 0 Å². The van der Waals surface area contributed by atoms with Gasteiger partial charge in [-0.15, -0.1) is 0 Å². The van der Waals surface area contributed by atoms with E-state index >= 15 is 0 Å². The molecule has 9 heteroatoms. The van der Waals surface area contributed by atoms with E-state index < -0.39 is 11.9 Å². The smallest absolute Gasteiger partial charge is 0.363 e. The van der Waals surface area contributed by atoms with Gasteiger partial charge < -0.3 is 15.5 Å². The largest absolute Gasteiger partial charge is 0.435 e. The second-order valence-electron chi connectivity index (χ2n) is 5.81. The zero-order valence-electron chi connectivity index (χ0n) is 15.1. The van der Waals surface area contributed by atoms with Crippen LogP contribution < -0.4 is 10.6 Å². The number of aryl methyl sites for hydroxylation is 2. The van der Waals surface area contributed by atoms with Crippen LogP contribution in [0, 0.1) is 6.92 Å². The van der Waals surface area contributed by atoms with Crippen molar-refractivity contribution in [3.63, 3.8) is 0 Å². The van der Waals surface area contributed by atoms with E-state index in [1.165, 1.54) is 4.68 Å². The van der Waals surface area contributed by atoms with Crippen LogP contribution in [0.1, 0.15) is 38.1 Å². The molecule has 0 bridgehead atoms. The topological polar surface area (TPSA) is 45.1 Å². The lowest BCUT2D eigenvalue weighted by Crippen LogP contribution is -2.37. The van der Waals surface area contributed by atoms with E-state index in [4.69, 9.17) is 12.2 Å². The molecule has 0 saturated carbocycles. The van der Waals surface area contributed by atoms with Gasteiger partial charge in [-0.2, -0.15) is 18.3 Å². The summed E-state index contributed by atoms with van der Waals surface area (Å²) >= 11 is 5.19. The molecule has 25 heavy (non-hydrogen) atoms. The van der Waals surface area contributed by atoms with Gasteiger partial charge in [0.15, 0.2) is 10.8 Å². The summed E-state index contributed by atoms with van der Waals surface area (Å²) in [5.74, 6) is 0. The van der Waals surface area contributed by atoms with Crippen molar-refractivity contribution in [1.82, 2.24) is 25.3 Å². The molecule has 0 spiro atoms. The molecule has 5 nitrogen and oxygen atoms in total. The molecule has 0 aliphatic heterocycles. The van der Waals surface area contributed by atoms with Crippen LogP contribution in [0.4, 0.5) is 13.2 Å². The van der Waals surface area contributed by atoms with Crippen molar-refractivity contribution in [3.05, 3.63) is 17.5 Å². The molecule has 0 saturated heterocycles. The summed E-state index contributed by atoms with van der Waals surface area (Å²) in [4.78, 5) is 2.35. The number of aromatic nitrogens is 2. The Bertz CT molecular complexity index is 526. The van der Waals surface area contributed by atoms with Crippen LogP contribution in [0.3, 0.4) is 0 Å². The molecule has 1 aromatic rings. The average Bonchev–Trinajstić information content (AvgIpc) is 2.93. The SMILES string of the molecule is CCN(CC)CCCNC(=S)NCCCn1nc(C(F)(F)F)cc1C. The lowest BCUT2D eigenvalue weighted by molar-refractivity contribution is -0.141. The fraction of sp³-hybridized carbons (Fsp3) is 0.750. The van der Waals surface area contributed by atoms with Crippen molar-refractivity contribution >= 4 is 17.3 Å². The number of alkyl halides is 3. The molecule has 0 atom stereocenters. The number of rotatable bonds is 10. The molecule has 1 rings (SSSR count). The summed E-state index contributed by atoms with van der Waals surface area (Å²) in [7, 11) is 0. The maximum absolute atomic E-state index is 12.6. The van der Waals surface area contributed by atoms with E-state index in [2.05, 4.69) is 34.5 Å². The molecule has 1 aromatic heterocycles. The predicted molar refractivity (Wildman–Crippen MR) is 97.6 cm³/mol. The number of halogens is 3. The Labute approximate surface area is 152 Å². The van der Waals surface area contributed by atoms with Crippen molar-refractivity contribution in [2.45, 2.75) is 46.3 Å². The van der Waals surface area contributed by atoms with Crippen LogP contribution in [-0.2, 0) is 12.7 Å². The molecule has 0 amide bonds. The number of thiocarbonyl (C=S) groups is 1. The van der Waals surface area contributed by atoms with Crippen LogP contribution in [0.25, 0.3) is 0 Å². The Morgan fingerprint density at radius 3 is 2.32 bits per heavy atom. The second-order valence-corrected chi connectivity index (χ2v) is 6.22. The second kappa shape index (κ2) is 10.6. The van der Waals surface area contributed by atoms with E-state index in [9.17, 15) is 13.2 Å². The van der Waals surface area contributed by atoms with Crippen LogP contribution in [-0.4, -0.2) is 52.5 Å². The molecule has 2 N–H and O–H groups in total. The first kappa shape index (κ1) is 21.7. The summed E-state index contributed by atoms with van der Waals surface area (Å²) in [6.45, 7) is 10.8. The van der Waals surface area contributed by atoms with Gasteiger partial charge in [-0.05, 0) is 57.7 Å². The van der Waals surface area contributed by atoms with Crippen molar-refractivity contribution < 1.29 is 13.2 Å². The molecule has 0 fully saturated rings. The Morgan fingerprint density at radius 1 is 1.20 bits per heavy atom. The summed E-state index contributed by atoms with van der Waals surface area (Å²) in [6.07, 6.45) is -2.75. The molecule has 1 heterocycles. The third-order valence-electron chi connectivity index (χ3n) is 3.93. The highest BCUT2D eigenvalue weighted by Gasteiger charge is 2.34. The van der Waals surface area contributed by atoms with Crippen molar-refractivity contribution in [1.29, 1.82) is 0 Å². The highest BCUT2D eigenvalue weighted by atomic mass is 32.1. The normalized spacial score (nSPS) is 11.8. The van der Waals surface area contributed by atoms with E-state index in [0.29, 0.717) is 30.3 Å². The van der Waals surface area contributed by atoms with Gasteiger partial charge in [0.25, 0.3) is 0 Å². The molecular formula is C16H28F3N5S. The monoisotopic (exact) mass is 379 g/mol. The highest BCUT2D eigenvalue weighted by molar-refractivity contribution is 7.80. The van der Waals surface area contributed by atoms with Gasteiger partial charge in [-0.25, -0.2) is 0 Å². The van der Waals surface area contributed by atoms with Crippen LogP contribution in [0.2, 0.25) is 0 Å². The summed E-state index contributed by atoms with van der Waals surface area (Å²) in [6, 6.07) is 1.06. The third-order valence-corrected chi connectivity index (χ3v) is 4.22. The number of nitrogens with zero attached hydrogens (tertiary/aromatic N) is 3. The fourth-order valence-corrected chi connectivity index (χ4v) is 2.62. The van der Waals surface area contributed by atoms with E-state index in [0.717, 1.165) is 38.7 Å². The molecule has 0 unspecified atom stereocenters. The zero-order valence-corrected chi connectivity index (χ0v) is 15.9. The van der Waals surface area contributed by atoms with Gasteiger partial charge >= 0.3 is 6.18 Å². The summed E-state index contributed by atoms with van der Waals surface area (Å²) in [5.41, 5.74) is -0.340. The first-order chi connectivity index (χ1) is 11.8. The molecular weight excluding hydrogens is 351 g/mol. The van der Waals surface area contributed by atoms with Crippen molar-refractivity contribution in [3.8, 4) is 0 Å². The maximum Gasteiger partial charge on any atom is 0.435 e. The van der Waals surface area contributed by atoms with Crippen molar-refractivity contribution in [2.75, 3.05) is 32.7 Å². The minimum absolute atomic E-state index is 0.416. The van der Waals surface area contributed by atoms with Crippen LogP contribution in [0.5, 0.6) is 0 Å². The zero-order chi connectivity index (χ0) is 18.9. The lowest BCUT2D eigenvalue weighted by atomic mass is 10.3. The standard InChI is InChI=1S/C16H28F3N5S/c1-4-23(5-2)10-6-8-20-15(25)21-9-7-11-24-13(3)12-14(22-24)16(17,18)19/h12H,4-11H2,1-3H3,(H2,20,21,25). The van der Waals surface area contributed by atoms with Gasteiger partial charge in [0, 0.05) is 25.3 Å². The first-order valence-electron chi connectivity index (χ1n) is 8.63. The van der Waals surface area contributed by atoms with E-state index in [1.54, 1.807) is 6.92 Å². The fourth-order valence-electron chi connectivity index (χ4n) is 2.41. The molecule has 144 valence electrons. The molecule has 0 aromatic carbocycles. The van der Waals surface area contributed by atoms with Crippen LogP contribution in [0.15, 0.2) is 6.07 Å². The molecule has 0 aliphatic rings. The highest BCUT2D eigenvalue weighted by Crippen LogP contribution is 2.28. The van der Waals surface area contributed by atoms with E-state index in [1.807, 2.05) is 0 Å². The quantitative estimate of drug-likeness (QED) is 0.484. The number of hydrogen-bond donors (Lipinski definition) is 2. The Morgan fingerprint density at radius 2 is 1.80 bits per heavy atom. The minimum atomic E-state index is -4.40. The Balaban J connectivity index is 2.19. The first-order valence-corrected chi connectivity index (χ1v) is 9.04. The van der Waals surface area contributed by atoms with E-state index in [-0.39, 0.29) is 0 Å². The van der Waals surface area contributed by atoms with Crippen LogP contribution >= 0.6 is 12.2 Å². The summed E-state index contributed by atoms with van der Waals surface area (Å²) < 4.78 is 39.2. The lowest BCUT2D eigenvalue weighted by Gasteiger charge is -2.18. The van der Waals surface area contributed by atoms with Gasteiger partial charge in [0.2, 0.25) is 0 Å². The Kier molecular flexibility index (Phi) is 9.20. The number of hydrogen-bond acceptors (Lipinski definition) is 3. The Hall–Kier alpha value is -1.35. The third kappa shape index (κ3) is 8.04.